The molecule has 0 spiro atoms. The molecule has 0 saturated carbocycles. The zero-order valence-electron chi connectivity index (χ0n) is 9.63. The Bertz CT molecular complexity index is 417. The lowest BCUT2D eigenvalue weighted by molar-refractivity contribution is -0.128. The highest BCUT2D eigenvalue weighted by atomic mass is 19.1. The van der Waals surface area contributed by atoms with Gasteiger partial charge in [0.2, 0.25) is 0 Å². The molecule has 1 heterocycles. The number of hydrogen-bond donors (Lipinski definition) is 2. The van der Waals surface area contributed by atoms with E-state index < -0.39 is 11.9 Å². The first-order chi connectivity index (χ1) is 8.18. The normalized spacial score (nSPS) is 20.0. The molecule has 5 heteroatoms. The largest absolute Gasteiger partial charge is 0.366 e. The first kappa shape index (κ1) is 12.0. The molecule has 1 amide bonds. The Morgan fingerprint density at radius 2 is 2.41 bits per heavy atom. The standard InChI is InChI=1S/C12H15FN2O2/c1-8-3-2-4-9(11(8)13)15-12(16)10-7-14-5-6-17-10/h2-4,10,14H,5-7H2,1H3,(H,15,16). The van der Waals surface area contributed by atoms with Crippen molar-refractivity contribution in [1.82, 2.24) is 5.32 Å². The van der Waals surface area contributed by atoms with E-state index in [0.717, 1.165) is 6.54 Å². The fourth-order valence-corrected chi connectivity index (χ4v) is 1.69. The van der Waals surface area contributed by atoms with Crippen molar-refractivity contribution in [3.63, 3.8) is 0 Å². The van der Waals surface area contributed by atoms with Crippen molar-refractivity contribution >= 4 is 11.6 Å². The van der Waals surface area contributed by atoms with Gasteiger partial charge in [-0.1, -0.05) is 12.1 Å². The first-order valence-corrected chi connectivity index (χ1v) is 5.57. The Labute approximate surface area is 99.2 Å². The van der Waals surface area contributed by atoms with Crippen LogP contribution in [0.3, 0.4) is 0 Å². The van der Waals surface area contributed by atoms with Gasteiger partial charge in [0.15, 0.2) is 0 Å². The van der Waals surface area contributed by atoms with Crippen molar-refractivity contribution < 1.29 is 13.9 Å². The zero-order valence-corrected chi connectivity index (χ0v) is 9.63. The third-order valence-electron chi connectivity index (χ3n) is 2.67. The van der Waals surface area contributed by atoms with Crippen molar-refractivity contribution in [3.8, 4) is 0 Å². The van der Waals surface area contributed by atoms with Crippen LogP contribution in [0.4, 0.5) is 10.1 Å². The van der Waals surface area contributed by atoms with Crippen LogP contribution in [0.2, 0.25) is 0 Å². The van der Waals surface area contributed by atoms with Gasteiger partial charge in [-0.25, -0.2) is 4.39 Å². The molecule has 1 saturated heterocycles. The molecular weight excluding hydrogens is 223 g/mol. The number of morpholine rings is 1. The summed E-state index contributed by atoms with van der Waals surface area (Å²) in [5.41, 5.74) is 0.703. The summed E-state index contributed by atoms with van der Waals surface area (Å²) in [5, 5.41) is 5.59. The van der Waals surface area contributed by atoms with Crippen LogP contribution in [0.25, 0.3) is 0 Å². The molecule has 92 valence electrons. The molecule has 0 radical (unpaired) electrons. The van der Waals surface area contributed by atoms with Gasteiger partial charge in [-0.05, 0) is 18.6 Å². The van der Waals surface area contributed by atoms with E-state index in [1.165, 1.54) is 6.07 Å². The van der Waals surface area contributed by atoms with Crippen molar-refractivity contribution in [2.24, 2.45) is 0 Å². The van der Waals surface area contributed by atoms with Gasteiger partial charge in [0.05, 0.1) is 12.3 Å². The number of benzene rings is 1. The average molecular weight is 238 g/mol. The van der Waals surface area contributed by atoms with Crippen LogP contribution in [0.5, 0.6) is 0 Å². The smallest absolute Gasteiger partial charge is 0.254 e. The first-order valence-electron chi connectivity index (χ1n) is 5.57. The number of rotatable bonds is 2. The Morgan fingerprint density at radius 1 is 1.59 bits per heavy atom. The molecule has 1 atom stereocenters. The summed E-state index contributed by atoms with van der Waals surface area (Å²) in [7, 11) is 0. The molecular formula is C12H15FN2O2. The van der Waals surface area contributed by atoms with Crippen molar-refractivity contribution in [1.29, 1.82) is 0 Å². The Hall–Kier alpha value is -1.46. The van der Waals surface area contributed by atoms with E-state index in [1.54, 1.807) is 19.1 Å². The van der Waals surface area contributed by atoms with Gasteiger partial charge in [-0.3, -0.25) is 4.79 Å². The van der Waals surface area contributed by atoms with E-state index in [4.69, 9.17) is 4.74 Å². The number of hydrogen-bond acceptors (Lipinski definition) is 3. The summed E-state index contributed by atoms with van der Waals surface area (Å²) in [4.78, 5) is 11.8. The fourth-order valence-electron chi connectivity index (χ4n) is 1.69. The highest BCUT2D eigenvalue weighted by molar-refractivity contribution is 5.94. The number of anilines is 1. The van der Waals surface area contributed by atoms with Crippen LogP contribution in [-0.2, 0) is 9.53 Å². The Morgan fingerprint density at radius 3 is 3.12 bits per heavy atom. The van der Waals surface area contributed by atoms with Crippen molar-refractivity contribution in [3.05, 3.63) is 29.6 Å². The summed E-state index contributed by atoms with van der Waals surface area (Å²) in [6.45, 7) is 3.35. The SMILES string of the molecule is Cc1cccc(NC(=O)C2CNCCO2)c1F. The lowest BCUT2D eigenvalue weighted by Crippen LogP contribution is -2.45. The van der Waals surface area contributed by atoms with Gasteiger partial charge in [0.25, 0.3) is 5.91 Å². The second-order valence-electron chi connectivity index (χ2n) is 3.99. The molecule has 1 aromatic carbocycles. The minimum absolute atomic E-state index is 0.198. The predicted molar refractivity (Wildman–Crippen MR) is 62.4 cm³/mol. The maximum absolute atomic E-state index is 13.7. The minimum atomic E-state index is -0.552. The molecule has 17 heavy (non-hydrogen) atoms. The second kappa shape index (κ2) is 5.25. The van der Waals surface area contributed by atoms with E-state index in [9.17, 15) is 9.18 Å². The highest BCUT2D eigenvalue weighted by Crippen LogP contribution is 2.17. The van der Waals surface area contributed by atoms with E-state index in [1.807, 2.05) is 0 Å². The monoisotopic (exact) mass is 238 g/mol. The average Bonchev–Trinajstić information content (AvgIpc) is 2.36. The number of ether oxygens (including phenoxy) is 1. The lowest BCUT2D eigenvalue weighted by Gasteiger charge is -2.22. The number of amides is 1. The predicted octanol–water partition coefficient (Wildman–Crippen LogP) is 1.06. The molecule has 0 bridgehead atoms. The van der Waals surface area contributed by atoms with Crippen molar-refractivity contribution in [2.75, 3.05) is 25.0 Å². The topological polar surface area (TPSA) is 50.4 Å². The fraction of sp³-hybridized carbons (Fsp3) is 0.417. The Kier molecular flexibility index (Phi) is 3.71. The molecule has 1 aliphatic heterocycles. The van der Waals surface area contributed by atoms with Crippen LogP contribution in [0, 0.1) is 12.7 Å². The van der Waals surface area contributed by atoms with Gasteiger partial charge >= 0.3 is 0 Å². The quantitative estimate of drug-likeness (QED) is 0.810. The summed E-state index contributed by atoms with van der Waals surface area (Å²) >= 11 is 0. The molecule has 1 unspecified atom stereocenters. The van der Waals surface area contributed by atoms with E-state index in [2.05, 4.69) is 10.6 Å². The Balaban J connectivity index is 2.04. The molecule has 1 aromatic rings. The summed E-state index contributed by atoms with van der Waals surface area (Å²) in [6.07, 6.45) is -0.552. The van der Waals surface area contributed by atoms with Crippen LogP contribution in [0.1, 0.15) is 5.56 Å². The molecule has 1 aliphatic rings. The number of carbonyl (C=O) groups excluding carboxylic acids is 1. The second-order valence-corrected chi connectivity index (χ2v) is 3.99. The number of halogens is 1. The van der Waals surface area contributed by atoms with E-state index >= 15 is 0 Å². The summed E-state index contributed by atoms with van der Waals surface area (Å²) in [6, 6.07) is 4.90. The molecule has 2 rings (SSSR count). The van der Waals surface area contributed by atoms with Gasteiger partial charge < -0.3 is 15.4 Å². The summed E-state index contributed by atoms with van der Waals surface area (Å²) in [5.74, 6) is -0.716. The zero-order chi connectivity index (χ0) is 12.3. The van der Waals surface area contributed by atoms with Crippen LogP contribution >= 0.6 is 0 Å². The minimum Gasteiger partial charge on any atom is -0.366 e. The number of carbonyl (C=O) groups is 1. The third-order valence-corrected chi connectivity index (χ3v) is 2.67. The molecule has 1 fully saturated rings. The maximum atomic E-state index is 13.7. The van der Waals surface area contributed by atoms with Gasteiger partial charge in [-0.2, -0.15) is 0 Å². The van der Waals surface area contributed by atoms with Gasteiger partial charge in [0, 0.05) is 13.1 Å². The molecule has 0 aromatic heterocycles. The molecule has 4 nitrogen and oxygen atoms in total. The van der Waals surface area contributed by atoms with E-state index in [0.29, 0.717) is 18.7 Å². The van der Waals surface area contributed by atoms with Gasteiger partial charge in [-0.15, -0.1) is 0 Å². The third kappa shape index (κ3) is 2.81. The summed E-state index contributed by atoms with van der Waals surface area (Å²) < 4.78 is 18.9. The van der Waals surface area contributed by atoms with Crippen molar-refractivity contribution in [2.45, 2.75) is 13.0 Å². The van der Waals surface area contributed by atoms with Crippen LogP contribution in [0.15, 0.2) is 18.2 Å². The van der Waals surface area contributed by atoms with Crippen LogP contribution in [-0.4, -0.2) is 31.7 Å². The van der Waals surface area contributed by atoms with Crippen LogP contribution < -0.4 is 10.6 Å². The maximum Gasteiger partial charge on any atom is 0.254 e. The number of nitrogens with one attached hydrogen (secondary N) is 2. The number of aryl methyl sites for hydroxylation is 1. The van der Waals surface area contributed by atoms with E-state index in [-0.39, 0.29) is 11.6 Å². The molecule has 2 N–H and O–H groups in total. The van der Waals surface area contributed by atoms with Gasteiger partial charge in [0.1, 0.15) is 11.9 Å². The molecule has 0 aliphatic carbocycles. The lowest BCUT2D eigenvalue weighted by atomic mass is 10.2. The highest BCUT2D eigenvalue weighted by Gasteiger charge is 2.22.